The average Bonchev–Trinajstić information content (AvgIpc) is 2.23. The summed E-state index contributed by atoms with van der Waals surface area (Å²) in [5, 5.41) is 0. The van der Waals surface area contributed by atoms with E-state index in [0.29, 0.717) is 11.2 Å². The maximum Gasteiger partial charge on any atom is 0.161 e. The maximum absolute atomic E-state index is 11.1. The van der Waals surface area contributed by atoms with Gasteiger partial charge in [0.05, 0.1) is 6.61 Å². The minimum atomic E-state index is -0.0428. The lowest BCUT2D eigenvalue weighted by Crippen LogP contribution is -2.28. The summed E-state index contributed by atoms with van der Waals surface area (Å²) in [5.74, 6) is 0.315. The maximum atomic E-state index is 11.1. The van der Waals surface area contributed by atoms with Crippen LogP contribution >= 0.6 is 0 Å². The number of Topliss-reactive ketones (excluding diaryl/α,β-unsaturated/α-hetero) is 1. The molecule has 0 aromatic carbocycles. The number of fused-ring (bicyclic) bond motifs is 2. The summed E-state index contributed by atoms with van der Waals surface area (Å²) in [6.07, 6.45) is 2.69. The van der Waals surface area contributed by atoms with Gasteiger partial charge in [-0.05, 0) is 18.3 Å². The van der Waals surface area contributed by atoms with Gasteiger partial charge in [-0.2, -0.15) is 0 Å². The molecule has 1 aliphatic carbocycles. The van der Waals surface area contributed by atoms with Crippen molar-refractivity contribution in [3.05, 3.63) is 0 Å². The molecule has 2 fully saturated rings. The highest BCUT2D eigenvalue weighted by Gasteiger charge is 2.43. The van der Waals surface area contributed by atoms with Crippen LogP contribution in [-0.2, 0) is 9.53 Å². The first kappa shape index (κ1) is 6.35. The van der Waals surface area contributed by atoms with Gasteiger partial charge in [-0.15, -0.1) is 0 Å². The molecule has 0 radical (unpaired) electrons. The lowest BCUT2D eigenvalue weighted by Gasteiger charge is -2.24. The molecule has 0 amide bonds. The van der Waals surface area contributed by atoms with Gasteiger partial charge in [0, 0.05) is 6.42 Å². The molecule has 1 saturated carbocycles. The summed E-state index contributed by atoms with van der Waals surface area (Å²) in [6.45, 7) is 3.00. The van der Waals surface area contributed by atoms with Crippen molar-refractivity contribution < 1.29 is 9.53 Å². The van der Waals surface area contributed by atoms with Crippen LogP contribution in [0, 0.1) is 5.41 Å². The molecule has 2 bridgehead atoms. The fourth-order valence-electron chi connectivity index (χ4n) is 1.83. The first-order valence-electron chi connectivity index (χ1n) is 3.84. The van der Waals surface area contributed by atoms with Crippen LogP contribution in [0.2, 0.25) is 0 Å². The Morgan fingerprint density at radius 1 is 1.70 bits per heavy atom. The molecule has 2 unspecified atom stereocenters. The lowest BCUT2D eigenvalue weighted by molar-refractivity contribution is -0.128. The van der Waals surface area contributed by atoms with E-state index in [9.17, 15) is 4.79 Å². The fourth-order valence-corrected chi connectivity index (χ4v) is 1.83. The number of hydrogen-bond donors (Lipinski definition) is 0. The Balaban J connectivity index is 2.20. The largest absolute Gasteiger partial charge is 0.370 e. The minimum Gasteiger partial charge on any atom is -0.370 e. The standard InChI is InChI=1S/C8H12O2/c1-8-3-2-6(9)7(4-8)10-5-8/h7H,2-5H2,1H3. The van der Waals surface area contributed by atoms with Gasteiger partial charge in [0.2, 0.25) is 0 Å². The summed E-state index contributed by atoms with van der Waals surface area (Å²) >= 11 is 0. The van der Waals surface area contributed by atoms with E-state index in [2.05, 4.69) is 6.92 Å². The van der Waals surface area contributed by atoms with E-state index in [-0.39, 0.29) is 6.10 Å². The van der Waals surface area contributed by atoms with Crippen LogP contribution in [0.15, 0.2) is 0 Å². The molecule has 2 heteroatoms. The number of carbonyl (C=O) groups is 1. The zero-order valence-electron chi connectivity index (χ0n) is 6.22. The molecule has 0 N–H and O–H groups in total. The first-order valence-corrected chi connectivity index (χ1v) is 3.84. The topological polar surface area (TPSA) is 26.3 Å². The molecule has 0 aromatic rings. The molecular formula is C8H12O2. The van der Waals surface area contributed by atoms with Gasteiger partial charge in [0.25, 0.3) is 0 Å². The second-order valence-corrected chi connectivity index (χ2v) is 3.78. The minimum absolute atomic E-state index is 0.0428. The monoisotopic (exact) mass is 140 g/mol. The molecule has 2 atom stereocenters. The summed E-state index contributed by atoms with van der Waals surface area (Å²) in [5.41, 5.74) is 0.332. The summed E-state index contributed by atoms with van der Waals surface area (Å²) in [4.78, 5) is 11.1. The van der Waals surface area contributed by atoms with Gasteiger partial charge in [0.1, 0.15) is 6.10 Å². The van der Waals surface area contributed by atoms with Crippen LogP contribution in [0.3, 0.4) is 0 Å². The van der Waals surface area contributed by atoms with E-state index in [4.69, 9.17) is 4.74 Å². The quantitative estimate of drug-likeness (QED) is 0.504. The van der Waals surface area contributed by atoms with E-state index in [1.807, 2.05) is 0 Å². The molecule has 2 nitrogen and oxygen atoms in total. The molecule has 0 spiro atoms. The number of rotatable bonds is 0. The van der Waals surface area contributed by atoms with E-state index >= 15 is 0 Å². The molecule has 0 aromatic heterocycles. The smallest absolute Gasteiger partial charge is 0.161 e. The second kappa shape index (κ2) is 1.82. The van der Waals surface area contributed by atoms with Gasteiger partial charge in [-0.3, -0.25) is 4.79 Å². The van der Waals surface area contributed by atoms with E-state index in [1.54, 1.807) is 0 Å². The molecule has 1 aliphatic heterocycles. The highest BCUT2D eigenvalue weighted by molar-refractivity contribution is 5.84. The molecule has 2 rings (SSSR count). The number of ether oxygens (including phenoxy) is 1. The van der Waals surface area contributed by atoms with E-state index in [1.165, 1.54) is 0 Å². The molecular weight excluding hydrogens is 128 g/mol. The van der Waals surface area contributed by atoms with Crippen molar-refractivity contribution in [3.63, 3.8) is 0 Å². The normalized spacial score (nSPS) is 46.1. The van der Waals surface area contributed by atoms with Crippen molar-refractivity contribution in [2.45, 2.75) is 32.3 Å². The van der Waals surface area contributed by atoms with Crippen molar-refractivity contribution in [2.75, 3.05) is 6.61 Å². The highest BCUT2D eigenvalue weighted by Crippen LogP contribution is 2.41. The van der Waals surface area contributed by atoms with Gasteiger partial charge < -0.3 is 4.74 Å². The second-order valence-electron chi connectivity index (χ2n) is 3.78. The Morgan fingerprint density at radius 2 is 2.50 bits per heavy atom. The van der Waals surface area contributed by atoms with Crippen LogP contribution in [-0.4, -0.2) is 18.5 Å². The van der Waals surface area contributed by atoms with E-state index < -0.39 is 0 Å². The van der Waals surface area contributed by atoms with Crippen LogP contribution in [0.4, 0.5) is 0 Å². The third-order valence-corrected chi connectivity index (χ3v) is 2.65. The fraction of sp³-hybridized carbons (Fsp3) is 0.875. The Morgan fingerprint density at radius 3 is 3.20 bits per heavy atom. The van der Waals surface area contributed by atoms with Crippen LogP contribution in [0.5, 0.6) is 0 Å². The molecule has 1 heterocycles. The van der Waals surface area contributed by atoms with Gasteiger partial charge in [0.15, 0.2) is 5.78 Å². The molecule has 56 valence electrons. The van der Waals surface area contributed by atoms with Crippen molar-refractivity contribution in [2.24, 2.45) is 5.41 Å². The number of ketones is 1. The summed E-state index contributed by atoms with van der Waals surface area (Å²) in [6, 6.07) is 0. The van der Waals surface area contributed by atoms with Crippen molar-refractivity contribution in [3.8, 4) is 0 Å². The Labute approximate surface area is 60.6 Å². The van der Waals surface area contributed by atoms with Crippen LogP contribution in [0.1, 0.15) is 26.2 Å². The zero-order valence-corrected chi connectivity index (χ0v) is 6.22. The molecule has 10 heavy (non-hydrogen) atoms. The predicted octanol–water partition coefficient (Wildman–Crippen LogP) is 1.14. The van der Waals surface area contributed by atoms with Crippen LogP contribution < -0.4 is 0 Å². The number of hydrogen-bond acceptors (Lipinski definition) is 2. The summed E-state index contributed by atoms with van der Waals surface area (Å²) in [7, 11) is 0. The SMILES string of the molecule is CC12CCC(=O)C(C1)OC2. The summed E-state index contributed by atoms with van der Waals surface area (Å²) < 4.78 is 5.34. The Hall–Kier alpha value is -0.370. The highest BCUT2D eigenvalue weighted by atomic mass is 16.5. The van der Waals surface area contributed by atoms with E-state index in [0.717, 1.165) is 25.9 Å². The van der Waals surface area contributed by atoms with Gasteiger partial charge in [-0.1, -0.05) is 6.92 Å². The molecule has 1 saturated heterocycles. The Kier molecular flexibility index (Phi) is 1.15. The van der Waals surface area contributed by atoms with Gasteiger partial charge in [-0.25, -0.2) is 0 Å². The van der Waals surface area contributed by atoms with Crippen molar-refractivity contribution >= 4 is 5.78 Å². The van der Waals surface area contributed by atoms with Crippen molar-refractivity contribution in [1.82, 2.24) is 0 Å². The zero-order chi connectivity index (χ0) is 7.19. The third-order valence-electron chi connectivity index (χ3n) is 2.65. The average molecular weight is 140 g/mol. The third kappa shape index (κ3) is 0.788. The van der Waals surface area contributed by atoms with Gasteiger partial charge >= 0.3 is 0 Å². The van der Waals surface area contributed by atoms with Crippen molar-refractivity contribution in [1.29, 1.82) is 0 Å². The lowest BCUT2D eigenvalue weighted by atomic mass is 9.77. The molecule has 2 aliphatic rings. The van der Waals surface area contributed by atoms with Crippen LogP contribution in [0.25, 0.3) is 0 Å². The first-order chi connectivity index (χ1) is 4.70. The number of carbonyl (C=O) groups excluding carboxylic acids is 1. The predicted molar refractivity (Wildman–Crippen MR) is 36.7 cm³/mol. The Bertz CT molecular complexity index is 176.